The molecule has 4 N–H and O–H groups in total. The fourth-order valence-electron chi connectivity index (χ4n) is 3.81. The molecule has 8 nitrogen and oxygen atoms in total. The van der Waals surface area contributed by atoms with Crippen LogP contribution < -0.4 is 10.6 Å². The maximum atomic E-state index is 12.7. The Bertz CT molecular complexity index is 1040. The number of nitrogens with zero attached hydrogens (tertiary/aromatic N) is 2. The number of hydrogen-bond acceptors (Lipinski definition) is 5. The van der Waals surface area contributed by atoms with Crippen LogP contribution >= 0.6 is 0 Å². The van der Waals surface area contributed by atoms with Gasteiger partial charge in [-0.05, 0) is 48.7 Å². The normalized spacial score (nSPS) is 14.9. The summed E-state index contributed by atoms with van der Waals surface area (Å²) in [6.07, 6.45) is 7.60. The molecular formula is C23H25N5O3. The number of carbonyl (C=O) groups is 2. The minimum Gasteiger partial charge on any atom is -0.394 e. The van der Waals surface area contributed by atoms with Crippen molar-refractivity contribution in [2.24, 2.45) is 0 Å². The zero-order valence-corrected chi connectivity index (χ0v) is 17.0. The number of aromatic nitrogens is 3. The van der Waals surface area contributed by atoms with Crippen LogP contribution in [0.3, 0.4) is 0 Å². The molecule has 0 saturated heterocycles. The Balaban J connectivity index is 1.44. The highest BCUT2D eigenvalue weighted by molar-refractivity contribution is 5.95. The van der Waals surface area contributed by atoms with Gasteiger partial charge in [-0.15, -0.1) is 0 Å². The minimum absolute atomic E-state index is 0.132. The van der Waals surface area contributed by atoms with Gasteiger partial charge in [0.15, 0.2) is 0 Å². The smallest absolute Gasteiger partial charge is 0.269 e. The van der Waals surface area contributed by atoms with Crippen LogP contribution in [0.4, 0.5) is 0 Å². The van der Waals surface area contributed by atoms with Gasteiger partial charge in [0.25, 0.3) is 11.8 Å². The maximum absolute atomic E-state index is 12.7. The van der Waals surface area contributed by atoms with E-state index in [1.807, 2.05) is 0 Å². The molecule has 1 fully saturated rings. The van der Waals surface area contributed by atoms with Crippen molar-refractivity contribution < 1.29 is 14.7 Å². The Hall–Kier alpha value is -3.52. The van der Waals surface area contributed by atoms with Crippen molar-refractivity contribution in [1.29, 1.82) is 0 Å². The monoisotopic (exact) mass is 419 g/mol. The number of aliphatic hydroxyl groups excluding tert-OH is 1. The lowest BCUT2D eigenvalue weighted by molar-refractivity contribution is 0.0910. The molecule has 1 atom stereocenters. The van der Waals surface area contributed by atoms with Crippen LogP contribution in [0, 0.1) is 0 Å². The number of carbonyl (C=O) groups excluding carboxylic acids is 2. The van der Waals surface area contributed by atoms with Crippen molar-refractivity contribution >= 4 is 11.8 Å². The summed E-state index contributed by atoms with van der Waals surface area (Å²) in [5.74, 6) is -0.528. The Labute approximate surface area is 180 Å². The average Bonchev–Trinajstić information content (AvgIpc) is 3.50. The summed E-state index contributed by atoms with van der Waals surface area (Å²) >= 11 is 0. The summed E-state index contributed by atoms with van der Waals surface area (Å²) < 4.78 is 0. The van der Waals surface area contributed by atoms with Crippen LogP contribution in [-0.4, -0.2) is 44.8 Å². The largest absolute Gasteiger partial charge is 0.394 e. The second-order valence-electron chi connectivity index (χ2n) is 7.69. The number of H-pyrrole nitrogens is 1. The van der Waals surface area contributed by atoms with Crippen molar-refractivity contribution in [1.82, 2.24) is 25.8 Å². The molecular weight excluding hydrogens is 394 g/mol. The zero-order valence-electron chi connectivity index (χ0n) is 17.0. The molecule has 2 aromatic heterocycles. The molecule has 1 aliphatic carbocycles. The molecule has 4 rings (SSSR count). The molecule has 0 spiro atoms. The lowest BCUT2D eigenvalue weighted by atomic mass is 10.0. The molecule has 2 amide bonds. The van der Waals surface area contributed by atoms with Crippen LogP contribution in [0.15, 0.2) is 54.9 Å². The number of benzene rings is 1. The maximum Gasteiger partial charge on any atom is 0.269 e. The van der Waals surface area contributed by atoms with Gasteiger partial charge in [-0.3, -0.25) is 19.7 Å². The van der Waals surface area contributed by atoms with Gasteiger partial charge in [-0.2, -0.15) is 5.10 Å². The molecule has 1 saturated carbocycles. The molecule has 31 heavy (non-hydrogen) atoms. The summed E-state index contributed by atoms with van der Waals surface area (Å²) in [5.41, 5.74) is 2.91. The number of nitrogens with one attached hydrogen (secondary N) is 3. The van der Waals surface area contributed by atoms with E-state index in [0.717, 1.165) is 31.2 Å². The van der Waals surface area contributed by atoms with Gasteiger partial charge in [-0.25, -0.2) is 0 Å². The fourth-order valence-corrected chi connectivity index (χ4v) is 3.81. The van der Waals surface area contributed by atoms with Crippen LogP contribution in [0.25, 0.3) is 11.3 Å². The molecule has 1 aromatic carbocycles. The highest BCUT2D eigenvalue weighted by Crippen LogP contribution is 2.20. The predicted molar refractivity (Wildman–Crippen MR) is 115 cm³/mol. The molecule has 8 heteroatoms. The summed E-state index contributed by atoms with van der Waals surface area (Å²) in [7, 11) is 0. The van der Waals surface area contributed by atoms with E-state index < -0.39 is 11.9 Å². The van der Waals surface area contributed by atoms with Crippen molar-refractivity contribution in [2.75, 3.05) is 6.61 Å². The van der Waals surface area contributed by atoms with E-state index in [1.165, 1.54) is 0 Å². The molecule has 0 aliphatic heterocycles. The third kappa shape index (κ3) is 4.97. The van der Waals surface area contributed by atoms with Gasteiger partial charge in [0.05, 0.1) is 18.3 Å². The SMILES string of the molecule is O=C(NC1CCCC1)c1cccc([C@@H](CO)NC(=O)c2cc(-c3ccncc3)n[nH]2)c1. The fraction of sp³-hybridized carbons (Fsp3) is 0.304. The topological polar surface area (TPSA) is 120 Å². The van der Waals surface area contributed by atoms with Gasteiger partial charge in [0.1, 0.15) is 5.69 Å². The zero-order chi connectivity index (χ0) is 21.6. The first-order valence-electron chi connectivity index (χ1n) is 10.4. The summed E-state index contributed by atoms with van der Waals surface area (Å²) in [5, 5.41) is 22.6. The summed E-state index contributed by atoms with van der Waals surface area (Å²) in [6.45, 7) is -0.301. The number of aliphatic hydroxyl groups is 1. The van der Waals surface area contributed by atoms with Crippen molar-refractivity contribution in [3.63, 3.8) is 0 Å². The van der Waals surface area contributed by atoms with Crippen LogP contribution in [0.5, 0.6) is 0 Å². The number of hydrogen-bond donors (Lipinski definition) is 4. The first kappa shape index (κ1) is 20.7. The van der Waals surface area contributed by atoms with E-state index in [-0.39, 0.29) is 24.2 Å². The third-order valence-electron chi connectivity index (χ3n) is 5.53. The standard InChI is InChI=1S/C23H25N5O3/c29-14-21(16-4-3-5-17(12-16)22(30)25-18-6-1-2-7-18)26-23(31)20-13-19(27-28-20)15-8-10-24-11-9-15/h3-5,8-13,18,21,29H,1-2,6-7,14H2,(H,25,30)(H,26,31)(H,27,28)/t21-/m1/s1. The number of pyridine rings is 1. The van der Waals surface area contributed by atoms with Crippen molar-refractivity contribution in [2.45, 2.75) is 37.8 Å². The third-order valence-corrected chi connectivity index (χ3v) is 5.53. The molecule has 3 aromatic rings. The first-order valence-corrected chi connectivity index (χ1v) is 10.4. The molecule has 2 heterocycles. The molecule has 1 aliphatic rings. The summed E-state index contributed by atoms with van der Waals surface area (Å²) in [4.78, 5) is 29.2. The second kappa shape index (κ2) is 9.53. The van der Waals surface area contributed by atoms with E-state index in [2.05, 4.69) is 25.8 Å². The highest BCUT2D eigenvalue weighted by atomic mass is 16.3. The Kier molecular flexibility index (Phi) is 6.37. The van der Waals surface area contributed by atoms with E-state index in [1.54, 1.807) is 54.9 Å². The Morgan fingerprint density at radius 1 is 1.10 bits per heavy atom. The van der Waals surface area contributed by atoms with Crippen LogP contribution in [0.1, 0.15) is 58.1 Å². The average molecular weight is 419 g/mol. The Morgan fingerprint density at radius 3 is 2.61 bits per heavy atom. The lowest BCUT2D eigenvalue weighted by Gasteiger charge is -2.18. The van der Waals surface area contributed by atoms with E-state index in [9.17, 15) is 14.7 Å². The first-order chi connectivity index (χ1) is 15.1. The van der Waals surface area contributed by atoms with Gasteiger partial charge in [-0.1, -0.05) is 25.0 Å². The van der Waals surface area contributed by atoms with E-state index >= 15 is 0 Å². The number of aromatic amines is 1. The number of amides is 2. The van der Waals surface area contributed by atoms with Crippen molar-refractivity contribution in [3.8, 4) is 11.3 Å². The highest BCUT2D eigenvalue weighted by Gasteiger charge is 2.21. The second-order valence-corrected chi connectivity index (χ2v) is 7.69. The van der Waals surface area contributed by atoms with Gasteiger partial charge in [0, 0.05) is 29.6 Å². The van der Waals surface area contributed by atoms with Gasteiger partial charge in [0.2, 0.25) is 0 Å². The quantitative estimate of drug-likeness (QED) is 0.469. The Morgan fingerprint density at radius 2 is 1.87 bits per heavy atom. The van der Waals surface area contributed by atoms with Gasteiger partial charge < -0.3 is 15.7 Å². The molecule has 0 unspecified atom stereocenters. The van der Waals surface area contributed by atoms with E-state index in [0.29, 0.717) is 16.8 Å². The number of rotatable bonds is 7. The molecule has 160 valence electrons. The van der Waals surface area contributed by atoms with Crippen LogP contribution in [-0.2, 0) is 0 Å². The minimum atomic E-state index is -0.653. The lowest BCUT2D eigenvalue weighted by Crippen LogP contribution is -2.33. The van der Waals surface area contributed by atoms with Gasteiger partial charge >= 0.3 is 0 Å². The predicted octanol–water partition coefficient (Wildman–Crippen LogP) is 2.61. The van der Waals surface area contributed by atoms with Crippen LogP contribution in [0.2, 0.25) is 0 Å². The molecule has 0 radical (unpaired) electrons. The molecule has 0 bridgehead atoms. The summed E-state index contributed by atoms with van der Waals surface area (Å²) in [6, 6.07) is 11.8. The van der Waals surface area contributed by atoms with Crippen molar-refractivity contribution in [3.05, 3.63) is 71.7 Å². The van der Waals surface area contributed by atoms with E-state index in [4.69, 9.17) is 0 Å².